The van der Waals surface area contributed by atoms with Crippen molar-refractivity contribution in [1.29, 1.82) is 0 Å². The van der Waals surface area contributed by atoms with Crippen molar-refractivity contribution >= 4 is 17.5 Å². The number of nitrogen functional groups attached to an aromatic ring is 1. The number of benzene rings is 1. The second-order valence-corrected chi connectivity index (χ2v) is 4.11. The van der Waals surface area contributed by atoms with Gasteiger partial charge in [0.15, 0.2) is 0 Å². The van der Waals surface area contributed by atoms with E-state index in [2.05, 4.69) is 5.32 Å². The molecule has 1 aromatic carbocycles. The van der Waals surface area contributed by atoms with Crippen LogP contribution in [-0.2, 0) is 9.53 Å². The summed E-state index contributed by atoms with van der Waals surface area (Å²) >= 11 is 0. The van der Waals surface area contributed by atoms with Gasteiger partial charge in [-0.2, -0.15) is 0 Å². The minimum Gasteiger partial charge on any atom is -0.399 e. The highest BCUT2D eigenvalue weighted by Gasteiger charge is 2.11. The number of likely N-dealkylation sites (N-methyl/N-ethyl adjacent to an activating group) is 1. The molecule has 0 aliphatic heterocycles. The van der Waals surface area contributed by atoms with E-state index in [9.17, 15) is 9.59 Å². The highest BCUT2D eigenvalue weighted by atomic mass is 16.5. The summed E-state index contributed by atoms with van der Waals surface area (Å²) in [4.78, 5) is 24.9. The van der Waals surface area contributed by atoms with Gasteiger partial charge < -0.3 is 20.7 Å². The van der Waals surface area contributed by atoms with Crippen LogP contribution in [0.5, 0.6) is 0 Å². The fourth-order valence-corrected chi connectivity index (χ4v) is 1.38. The van der Waals surface area contributed by atoms with Crippen molar-refractivity contribution in [2.75, 3.05) is 39.6 Å². The fraction of sp³-hybridized carbons (Fsp3) is 0.385. The summed E-state index contributed by atoms with van der Waals surface area (Å²) in [7, 11) is 3.23. The van der Waals surface area contributed by atoms with Gasteiger partial charge in [-0.05, 0) is 24.3 Å². The number of carbonyl (C=O) groups excluding carboxylic acids is 2. The van der Waals surface area contributed by atoms with E-state index in [4.69, 9.17) is 10.5 Å². The predicted octanol–water partition coefficient (Wildman–Crippen LogP) is 0.103. The standard InChI is InChI=1S/C13H19N3O3/c1-16(7-8-19-2)12(17)9-15-13(18)10-3-5-11(14)6-4-10/h3-6H,7-9,14H2,1-2H3,(H,15,18). The Labute approximate surface area is 112 Å². The van der Waals surface area contributed by atoms with Crippen LogP contribution >= 0.6 is 0 Å². The van der Waals surface area contributed by atoms with Crippen LogP contribution in [0.25, 0.3) is 0 Å². The van der Waals surface area contributed by atoms with E-state index in [1.54, 1.807) is 38.4 Å². The summed E-state index contributed by atoms with van der Waals surface area (Å²) in [6.45, 7) is 0.921. The number of nitrogens with two attached hydrogens (primary N) is 1. The average Bonchev–Trinajstić information content (AvgIpc) is 2.42. The van der Waals surface area contributed by atoms with Gasteiger partial charge in [0.1, 0.15) is 0 Å². The number of methoxy groups -OCH3 is 1. The first-order valence-corrected chi connectivity index (χ1v) is 5.91. The van der Waals surface area contributed by atoms with Crippen molar-refractivity contribution in [3.63, 3.8) is 0 Å². The van der Waals surface area contributed by atoms with Crippen LogP contribution in [0.15, 0.2) is 24.3 Å². The van der Waals surface area contributed by atoms with Gasteiger partial charge in [0, 0.05) is 32.0 Å². The number of amides is 2. The van der Waals surface area contributed by atoms with E-state index in [1.807, 2.05) is 0 Å². The molecule has 0 radical (unpaired) electrons. The maximum absolute atomic E-state index is 11.7. The van der Waals surface area contributed by atoms with Crippen molar-refractivity contribution in [1.82, 2.24) is 10.2 Å². The first kappa shape index (κ1) is 15.0. The lowest BCUT2D eigenvalue weighted by Crippen LogP contribution is -2.39. The molecule has 0 heterocycles. The predicted molar refractivity (Wildman–Crippen MR) is 72.7 cm³/mol. The first-order chi connectivity index (χ1) is 9.04. The van der Waals surface area contributed by atoms with Crippen LogP contribution in [0.1, 0.15) is 10.4 Å². The summed E-state index contributed by atoms with van der Waals surface area (Å²) in [5.41, 5.74) is 6.59. The highest BCUT2D eigenvalue weighted by Crippen LogP contribution is 2.04. The molecule has 2 amide bonds. The largest absolute Gasteiger partial charge is 0.399 e. The zero-order valence-corrected chi connectivity index (χ0v) is 11.2. The van der Waals surface area contributed by atoms with Gasteiger partial charge in [-0.15, -0.1) is 0 Å². The molecule has 0 saturated carbocycles. The van der Waals surface area contributed by atoms with E-state index >= 15 is 0 Å². The number of carbonyl (C=O) groups is 2. The van der Waals surface area contributed by atoms with Gasteiger partial charge in [0.05, 0.1) is 13.2 Å². The molecular weight excluding hydrogens is 246 g/mol. The molecule has 0 atom stereocenters. The number of hydrogen-bond donors (Lipinski definition) is 2. The monoisotopic (exact) mass is 265 g/mol. The topological polar surface area (TPSA) is 84.7 Å². The normalized spacial score (nSPS) is 10.0. The zero-order valence-electron chi connectivity index (χ0n) is 11.2. The third kappa shape index (κ3) is 4.97. The van der Waals surface area contributed by atoms with Gasteiger partial charge in [0.25, 0.3) is 5.91 Å². The number of ether oxygens (including phenoxy) is 1. The Morgan fingerprint density at radius 1 is 1.32 bits per heavy atom. The number of nitrogens with zero attached hydrogens (tertiary/aromatic N) is 1. The maximum atomic E-state index is 11.7. The quantitative estimate of drug-likeness (QED) is 0.715. The second-order valence-electron chi connectivity index (χ2n) is 4.11. The number of rotatable bonds is 6. The van der Waals surface area contributed by atoms with Crippen molar-refractivity contribution in [3.05, 3.63) is 29.8 Å². The molecule has 0 spiro atoms. The van der Waals surface area contributed by atoms with Gasteiger partial charge in [0.2, 0.25) is 5.91 Å². The minimum absolute atomic E-state index is 0.0383. The molecular formula is C13H19N3O3. The van der Waals surface area contributed by atoms with E-state index < -0.39 is 0 Å². The molecule has 0 saturated heterocycles. The van der Waals surface area contributed by atoms with Gasteiger partial charge in [-0.1, -0.05) is 0 Å². The van der Waals surface area contributed by atoms with Gasteiger partial charge >= 0.3 is 0 Å². The van der Waals surface area contributed by atoms with E-state index in [1.165, 1.54) is 4.90 Å². The molecule has 3 N–H and O–H groups in total. The van der Waals surface area contributed by atoms with Gasteiger partial charge in [-0.25, -0.2) is 0 Å². The summed E-state index contributed by atoms with van der Waals surface area (Å²) in [6.07, 6.45) is 0. The van der Waals surface area contributed by atoms with Crippen LogP contribution in [0, 0.1) is 0 Å². The zero-order chi connectivity index (χ0) is 14.3. The molecule has 1 aromatic rings. The third-order valence-electron chi connectivity index (χ3n) is 2.63. The number of nitrogens with one attached hydrogen (secondary N) is 1. The Kier molecular flexibility index (Phi) is 5.81. The number of hydrogen-bond acceptors (Lipinski definition) is 4. The van der Waals surface area contributed by atoms with Crippen molar-refractivity contribution < 1.29 is 14.3 Å². The smallest absolute Gasteiger partial charge is 0.251 e. The number of anilines is 1. The lowest BCUT2D eigenvalue weighted by molar-refractivity contribution is -0.129. The molecule has 0 aromatic heterocycles. The molecule has 1 rings (SSSR count). The summed E-state index contributed by atoms with van der Waals surface area (Å²) in [6, 6.07) is 6.51. The maximum Gasteiger partial charge on any atom is 0.251 e. The van der Waals surface area contributed by atoms with E-state index in [-0.39, 0.29) is 18.4 Å². The molecule has 0 unspecified atom stereocenters. The van der Waals surface area contributed by atoms with E-state index in [0.29, 0.717) is 24.4 Å². The lowest BCUT2D eigenvalue weighted by Gasteiger charge is -2.16. The fourth-order valence-electron chi connectivity index (χ4n) is 1.38. The van der Waals surface area contributed by atoms with Crippen LogP contribution < -0.4 is 11.1 Å². The minimum atomic E-state index is -0.298. The van der Waals surface area contributed by atoms with Crippen LogP contribution in [-0.4, -0.2) is 50.6 Å². The summed E-state index contributed by atoms with van der Waals surface area (Å²) in [5.74, 6) is -0.464. The second kappa shape index (κ2) is 7.38. The Bertz CT molecular complexity index is 431. The van der Waals surface area contributed by atoms with Crippen molar-refractivity contribution in [2.45, 2.75) is 0 Å². The average molecular weight is 265 g/mol. The molecule has 0 aliphatic rings. The van der Waals surface area contributed by atoms with Crippen molar-refractivity contribution in [3.8, 4) is 0 Å². The third-order valence-corrected chi connectivity index (χ3v) is 2.63. The Balaban J connectivity index is 2.41. The Hall–Kier alpha value is -2.08. The van der Waals surface area contributed by atoms with Crippen LogP contribution in [0.2, 0.25) is 0 Å². The van der Waals surface area contributed by atoms with Crippen LogP contribution in [0.4, 0.5) is 5.69 Å². The van der Waals surface area contributed by atoms with Crippen LogP contribution in [0.3, 0.4) is 0 Å². The van der Waals surface area contributed by atoms with Gasteiger partial charge in [-0.3, -0.25) is 9.59 Å². The first-order valence-electron chi connectivity index (χ1n) is 5.91. The summed E-state index contributed by atoms with van der Waals surface area (Å²) in [5, 5.41) is 2.56. The molecule has 6 heteroatoms. The Morgan fingerprint density at radius 3 is 2.53 bits per heavy atom. The highest BCUT2D eigenvalue weighted by molar-refractivity contribution is 5.96. The lowest BCUT2D eigenvalue weighted by atomic mass is 10.2. The molecule has 19 heavy (non-hydrogen) atoms. The SMILES string of the molecule is COCCN(C)C(=O)CNC(=O)c1ccc(N)cc1. The van der Waals surface area contributed by atoms with E-state index in [0.717, 1.165) is 0 Å². The summed E-state index contributed by atoms with van der Waals surface area (Å²) < 4.78 is 4.88. The molecule has 0 bridgehead atoms. The molecule has 6 nitrogen and oxygen atoms in total. The van der Waals surface area contributed by atoms with Crippen molar-refractivity contribution in [2.24, 2.45) is 0 Å². The Morgan fingerprint density at radius 2 is 1.95 bits per heavy atom. The molecule has 104 valence electrons. The molecule has 0 fully saturated rings. The molecule has 0 aliphatic carbocycles.